The van der Waals surface area contributed by atoms with Gasteiger partial charge in [-0.15, -0.1) is 0 Å². The lowest BCUT2D eigenvalue weighted by atomic mass is 9.75. The number of carbonyl (C=O) groups is 2. The second-order valence-corrected chi connectivity index (χ2v) is 5.74. The van der Waals surface area contributed by atoms with Gasteiger partial charge in [0, 0.05) is 0 Å². The summed E-state index contributed by atoms with van der Waals surface area (Å²) in [6.45, 7) is 7.72. The lowest BCUT2D eigenvalue weighted by molar-refractivity contribution is -0.148. The van der Waals surface area contributed by atoms with Crippen LogP contribution in [0.4, 0.5) is 0 Å². The molecule has 1 fully saturated rings. The first-order valence-corrected chi connectivity index (χ1v) is 7.60. The first-order valence-electron chi connectivity index (χ1n) is 7.60. The van der Waals surface area contributed by atoms with E-state index >= 15 is 0 Å². The van der Waals surface area contributed by atoms with E-state index in [4.69, 9.17) is 4.74 Å². The van der Waals surface area contributed by atoms with Crippen molar-refractivity contribution in [3.05, 3.63) is 0 Å². The molecular weight excluding hydrogens is 256 g/mol. The van der Waals surface area contributed by atoms with Crippen LogP contribution in [0.5, 0.6) is 0 Å². The van der Waals surface area contributed by atoms with Gasteiger partial charge in [-0.2, -0.15) is 0 Å². The Bertz CT molecular complexity index is 338. The van der Waals surface area contributed by atoms with Crippen molar-refractivity contribution >= 4 is 11.9 Å². The summed E-state index contributed by atoms with van der Waals surface area (Å²) in [7, 11) is 1.37. The van der Waals surface area contributed by atoms with E-state index in [0.717, 1.165) is 38.8 Å². The molecule has 0 radical (unpaired) electrons. The summed E-state index contributed by atoms with van der Waals surface area (Å²) in [6.07, 6.45) is 3.27. The maximum Gasteiger partial charge on any atom is 0.328 e. The fourth-order valence-electron chi connectivity index (χ4n) is 2.74. The van der Waals surface area contributed by atoms with Crippen molar-refractivity contribution in [3.63, 3.8) is 0 Å². The summed E-state index contributed by atoms with van der Waals surface area (Å²) in [5, 5.41) is 6.22. The molecule has 5 heteroatoms. The van der Waals surface area contributed by atoms with Gasteiger partial charge in [0.2, 0.25) is 5.91 Å². The molecule has 1 aliphatic rings. The smallest absolute Gasteiger partial charge is 0.328 e. The Kier molecular flexibility index (Phi) is 6.46. The zero-order valence-corrected chi connectivity index (χ0v) is 13.1. The van der Waals surface area contributed by atoms with Crippen molar-refractivity contribution in [2.45, 2.75) is 52.5 Å². The lowest BCUT2D eigenvalue weighted by Gasteiger charge is -2.37. The van der Waals surface area contributed by atoms with Crippen molar-refractivity contribution < 1.29 is 14.3 Å². The van der Waals surface area contributed by atoms with Crippen LogP contribution in [-0.4, -0.2) is 38.1 Å². The molecule has 0 aromatic heterocycles. The molecule has 1 aliphatic heterocycles. The van der Waals surface area contributed by atoms with Gasteiger partial charge in [0.15, 0.2) is 0 Å². The summed E-state index contributed by atoms with van der Waals surface area (Å²) in [5.74, 6) is -0.285. The number of piperidine rings is 1. The van der Waals surface area contributed by atoms with Gasteiger partial charge in [0.1, 0.15) is 6.04 Å². The van der Waals surface area contributed by atoms with Crippen LogP contribution >= 0.6 is 0 Å². The van der Waals surface area contributed by atoms with E-state index in [1.807, 2.05) is 20.8 Å². The average Bonchev–Trinajstić information content (AvgIpc) is 2.51. The quantitative estimate of drug-likeness (QED) is 0.725. The predicted octanol–water partition coefficient (Wildman–Crippen LogP) is 1.47. The fourth-order valence-corrected chi connectivity index (χ4v) is 2.74. The zero-order chi connectivity index (χ0) is 15.2. The van der Waals surface area contributed by atoms with Crippen LogP contribution < -0.4 is 10.6 Å². The molecule has 20 heavy (non-hydrogen) atoms. The largest absolute Gasteiger partial charge is 0.467 e. The Morgan fingerprint density at radius 3 is 2.35 bits per heavy atom. The van der Waals surface area contributed by atoms with E-state index in [1.165, 1.54) is 7.11 Å². The normalized spacial score (nSPS) is 20.8. The molecule has 0 aliphatic carbocycles. The van der Waals surface area contributed by atoms with E-state index in [-0.39, 0.29) is 23.2 Å². The minimum Gasteiger partial charge on any atom is -0.467 e. The topological polar surface area (TPSA) is 67.4 Å². The molecule has 2 N–H and O–H groups in total. The maximum absolute atomic E-state index is 12.7. The Balaban J connectivity index is 2.80. The monoisotopic (exact) mass is 284 g/mol. The molecule has 5 nitrogen and oxygen atoms in total. The number of carbonyl (C=O) groups excluding carboxylic acids is 2. The molecule has 0 aromatic carbocycles. The van der Waals surface area contributed by atoms with Crippen LogP contribution in [0.1, 0.15) is 46.5 Å². The van der Waals surface area contributed by atoms with Gasteiger partial charge in [0.25, 0.3) is 0 Å². The van der Waals surface area contributed by atoms with E-state index in [1.54, 1.807) is 0 Å². The molecule has 0 bridgehead atoms. The van der Waals surface area contributed by atoms with Crippen LogP contribution in [0.3, 0.4) is 0 Å². The molecule has 2 atom stereocenters. The summed E-state index contributed by atoms with van der Waals surface area (Å²) in [5.41, 5.74) is -0.342. The number of nitrogens with one attached hydrogen (secondary N) is 2. The molecule has 1 amide bonds. The standard InChI is InChI=1S/C15H28N2O3/c1-5-11(3)12(13(18)20-4)17-14(19)15(6-2)7-9-16-10-8-15/h11-12,16H,5-10H2,1-4H3,(H,17,19). The average molecular weight is 284 g/mol. The summed E-state index contributed by atoms with van der Waals surface area (Å²) in [4.78, 5) is 24.5. The molecule has 1 rings (SSSR count). The van der Waals surface area contributed by atoms with E-state index in [9.17, 15) is 9.59 Å². The van der Waals surface area contributed by atoms with Gasteiger partial charge in [-0.05, 0) is 38.3 Å². The highest BCUT2D eigenvalue weighted by Gasteiger charge is 2.40. The first kappa shape index (κ1) is 17.0. The number of amides is 1. The number of esters is 1. The van der Waals surface area contributed by atoms with Crippen LogP contribution in [0.15, 0.2) is 0 Å². The Labute approximate surface area is 121 Å². The van der Waals surface area contributed by atoms with Crippen LogP contribution in [0.25, 0.3) is 0 Å². The Morgan fingerprint density at radius 2 is 1.90 bits per heavy atom. The molecular formula is C15H28N2O3. The second kappa shape index (κ2) is 7.62. The molecule has 2 unspecified atom stereocenters. The molecule has 1 heterocycles. The maximum atomic E-state index is 12.7. The summed E-state index contributed by atoms with van der Waals surface area (Å²) in [6, 6.07) is -0.546. The summed E-state index contributed by atoms with van der Waals surface area (Å²) < 4.78 is 4.82. The van der Waals surface area contributed by atoms with Crippen molar-refractivity contribution in [1.82, 2.24) is 10.6 Å². The third-order valence-corrected chi connectivity index (χ3v) is 4.67. The number of ether oxygens (including phenoxy) is 1. The number of rotatable bonds is 6. The van der Waals surface area contributed by atoms with Crippen molar-refractivity contribution in [1.29, 1.82) is 0 Å². The van der Waals surface area contributed by atoms with Gasteiger partial charge in [-0.1, -0.05) is 27.2 Å². The van der Waals surface area contributed by atoms with Gasteiger partial charge in [-0.25, -0.2) is 4.79 Å². The highest BCUT2D eigenvalue weighted by atomic mass is 16.5. The summed E-state index contributed by atoms with van der Waals surface area (Å²) >= 11 is 0. The van der Waals surface area contributed by atoms with E-state index in [0.29, 0.717) is 0 Å². The molecule has 1 saturated heterocycles. The third-order valence-electron chi connectivity index (χ3n) is 4.67. The Morgan fingerprint density at radius 1 is 1.30 bits per heavy atom. The van der Waals surface area contributed by atoms with Crippen molar-refractivity contribution in [2.24, 2.45) is 11.3 Å². The highest BCUT2D eigenvalue weighted by molar-refractivity contribution is 5.88. The Hall–Kier alpha value is -1.10. The number of methoxy groups -OCH3 is 1. The minimum atomic E-state index is -0.546. The van der Waals surface area contributed by atoms with Crippen LogP contribution in [0.2, 0.25) is 0 Å². The van der Waals surface area contributed by atoms with Gasteiger partial charge in [-0.3, -0.25) is 4.79 Å². The molecule has 0 aromatic rings. The second-order valence-electron chi connectivity index (χ2n) is 5.74. The molecule has 0 saturated carbocycles. The van der Waals surface area contributed by atoms with Gasteiger partial charge in [0.05, 0.1) is 12.5 Å². The van der Waals surface area contributed by atoms with Crippen molar-refractivity contribution in [2.75, 3.05) is 20.2 Å². The lowest BCUT2D eigenvalue weighted by Crippen LogP contribution is -2.53. The van der Waals surface area contributed by atoms with Gasteiger partial charge < -0.3 is 15.4 Å². The van der Waals surface area contributed by atoms with Crippen LogP contribution in [-0.2, 0) is 14.3 Å². The zero-order valence-electron chi connectivity index (χ0n) is 13.1. The van der Waals surface area contributed by atoms with E-state index in [2.05, 4.69) is 10.6 Å². The fraction of sp³-hybridized carbons (Fsp3) is 0.867. The van der Waals surface area contributed by atoms with Gasteiger partial charge >= 0.3 is 5.97 Å². The third kappa shape index (κ3) is 3.72. The molecule has 0 spiro atoms. The van der Waals surface area contributed by atoms with E-state index < -0.39 is 6.04 Å². The minimum absolute atomic E-state index is 0.00259. The van der Waals surface area contributed by atoms with Crippen molar-refractivity contribution in [3.8, 4) is 0 Å². The first-order chi connectivity index (χ1) is 9.50. The SMILES string of the molecule is CCC(C)C(NC(=O)C1(CC)CCNCC1)C(=O)OC. The highest BCUT2D eigenvalue weighted by Crippen LogP contribution is 2.33. The van der Waals surface area contributed by atoms with Crippen LogP contribution in [0, 0.1) is 11.3 Å². The number of hydrogen-bond donors (Lipinski definition) is 2. The predicted molar refractivity (Wildman–Crippen MR) is 78.2 cm³/mol. The number of hydrogen-bond acceptors (Lipinski definition) is 4. The molecule has 116 valence electrons.